The first-order valence-corrected chi connectivity index (χ1v) is 10.7. The minimum atomic E-state index is -3.11. The Morgan fingerprint density at radius 2 is 2.00 bits per heavy atom. The molecule has 0 aromatic rings. The van der Waals surface area contributed by atoms with Gasteiger partial charge in [0.25, 0.3) is 0 Å². The van der Waals surface area contributed by atoms with E-state index in [-0.39, 0.29) is 6.04 Å². The van der Waals surface area contributed by atoms with Crippen molar-refractivity contribution in [2.45, 2.75) is 58.4 Å². The van der Waals surface area contributed by atoms with Crippen LogP contribution in [0.2, 0.25) is 0 Å². The van der Waals surface area contributed by atoms with E-state index in [9.17, 15) is 8.42 Å². The molecular weight excluding hydrogens is 312 g/mol. The third-order valence-corrected chi connectivity index (χ3v) is 6.67. The summed E-state index contributed by atoms with van der Waals surface area (Å²) in [5.74, 6) is 0.813. The Balaban J connectivity index is 1.91. The highest BCUT2D eigenvalue weighted by atomic mass is 32.2. The third-order valence-electron chi connectivity index (χ3n) is 5.34. The minimum absolute atomic E-state index is 0.0395. The zero-order valence-corrected chi connectivity index (χ0v) is 15.6. The lowest BCUT2D eigenvalue weighted by Gasteiger charge is -2.40. The Morgan fingerprint density at radius 3 is 2.52 bits per heavy atom. The number of aliphatic imine (C=N–C) groups is 1. The van der Waals surface area contributed by atoms with E-state index in [1.54, 1.807) is 4.31 Å². The minimum Gasteiger partial charge on any atom is -0.357 e. The van der Waals surface area contributed by atoms with Gasteiger partial charge in [-0.05, 0) is 44.4 Å². The van der Waals surface area contributed by atoms with E-state index in [2.05, 4.69) is 24.5 Å². The van der Waals surface area contributed by atoms with Gasteiger partial charge in [-0.15, -0.1) is 0 Å². The molecular formula is C16H32N4O2S. The molecule has 2 fully saturated rings. The number of rotatable bonds is 7. The maximum atomic E-state index is 11.8. The molecule has 1 saturated heterocycles. The fraction of sp³-hybridized carbons (Fsp3) is 0.938. The van der Waals surface area contributed by atoms with Gasteiger partial charge in [0.2, 0.25) is 10.0 Å². The summed E-state index contributed by atoms with van der Waals surface area (Å²) in [6.07, 6.45) is 8.20. The molecule has 1 atom stereocenters. The second-order valence-electron chi connectivity index (χ2n) is 6.95. The largest absolute Gasteiger partial charge is 0.357 e. The van der Waals surface area contributed by atoms with Crippen LogP contribution in [0, 0.1) is 5.41 Å². The van der Waals surface area contributed by atoms with Crippen LogP contribution in [-0.4, -0.2) is 57.2 Å². The van der Waals surface area contributed by atoms with Crippen molar-refractivity contribution in [1.82, 2.24) is 14.9 Å². The van der Waals surface area contributed by atoms with Crippen molar-refractivity contribution in [3.63, 3.8) is 0 Å². The smallest absolute Gasteiger partial charge is 0.211 e. The second-order valence-corrected chi connectivity index (χ2v) is 8.89. The first kappa shape index (κ1) is 18.5. The quantitative estimate of drug-likeness (QED) is 0.543. The Kier molecular flexibility index (Phi) is 6.31. The lowest BCUT2D eigenvalue weighted by molar-refractivity contribution is 0.139. The predicted octanol–water partition coefficient (Wildman–Crippen LogP) is 1.55. The summed E-state index contributed by atoms with van der Waals surface area (Å²) < 4.78 is 25.2. The van der Waals surface area contributed by atoms with Crippen LogP contribution in [0.15, 0.2) is 4.99 Å². The zero-order chi connectivity index (χ0) is 16.9. The predicted molar refractivity (Wildman–Crippen MR) is 95.1 cm³/mol. The van der Waals surface area contributed by atoms with Gasteiger partial charge in [0.05, 0.1) is 6.26 Å². The molecule has 0 aromatic carbocycles. The number of sulfonamides is 1. The maximum absolute atomic E-state index is 11.8. The van der Waals surface area contributed by atoms with Gasteiger partial charge in [0, 0.05) is 32.2 Å². The van der Waals surface area contributed by atoms with Gasteiger partial charge in [0.15, 0.2) is 5.96 Å². The highest BCUT2D eigenvalue weighted by molar-refractivity contribution is 7.88. The molecule has 0 aromatic heterocycles. The summed E-state index contributed by atoms with van der Waals surface area (Å²) >= 11 is 0. The number of nitrogens with zero attached hydrogens (tertiary/aromatic N) is 2. The number of guanidine groups is 1. The topological polar surface area (TPSA) is 73.8 Å². The van der Waals surface area contributed by atoms with Crippen LogP contribution in [0.1, 0.15) is 52.4 Å². The second kappa shape index (κ2) is 7.83. The summed E-state index contributed by atoms with van der Waals surface area (Å²) in [5.41, 5.74) is 0.397. The molecule has 1 heterocycles. The van der Waals surface area contributed by atoms with Crippen molar-refractivity contribution >= 4 is 16.0 Å². The highest BCUT2D eigenvalue weighted by Gasteiger charge is 2.35. The Morgan fingerprint density at radius 1 is 1.26 bits per heavy atom. The number of hydrogen-bond donors (Lipinski definition) is 2. The van der Waals surface area contributed by atoms with E-state index in [1.165, 1.54) is 31.9 Å². The molecule has 23 heavy (non-hydrogen) atoms. The third kappa shape index (κ3) is 4.83. The fourth-order valence-electron chi connectivity index (χ4n) is 3.55. The molecule has 0 amide bonds. The van der Waals surface area contributed by atoms with E-state index in [4.69, 9.17) is 4.99 Å². The molecule has 6 nitrogen and oxygen atoms in total. The van der Waals surface area contributed by atoms with Crippen LogP contribution < -0.4 is 10.6 Å². The summed E-state index contributed by atoms with van der Waals surface area (Å²) in [6.45, 7) is 7.23. The first-order valence-electron chi connectivity index (χ1n) is 8.89. The molecule has 0 spiro atoms. The van der Waals surface area contributed by atoms with Crippen LogP contribution in [0.5, 0.6) is 0 Å². The molecule has 0 radical (unpaired) electrons. The SMILES string of the molecule is CCNC(=NCC1(CC)CCC1)NC[C@H]1CCCN1S(C)(=O)=O. The van der Waals surface area contributed by atoms with E-state index >= 15 is 0 Å². The first-order chi connectivity index (χ1) is 10.9. The monoisotopic (exact) mass is 344 g/mol. The average molecular weight is 345 g/mol. The van der Waals surface area contributed by atoms with E-state index in [1.807, 2.05) is 0 Å². The Labute approximate surface area is 141 Å². The molecule has 1 aliphatic heterocycles. The van der Waals surface area contributed by atoms with E-state index in [0.717, 1.165) is 31.9 Å². The molecule has 0 unspecified atom stereocenters. The van der Waals surface area contributed by atoms with Gasteiger partial charge in [-0.2, -0.15) is 4.31 Å². The highest BCUT2D eigenvalue weighted by Crippen LogP contribution is 2.43. The molecule has 2 aliphatic rings. The summed E-state index contributed by atoms with van der Waals surface area (Å²) in [6, 6.07) is 0.0395. The molecule has 1 aliphatic carbocycles. The molecule has 2 rings (SSSR count). The van der Waals surface area contributed by atoms with Gasteiger partial charge in [0.1, 0.15) is 0 Å². The van der Waals surface area contributed by atoms with Gasteiger partial charge >= 0.3 is 0 Å². The summed E-state index contributed by atoms with van der Waals surface area (Å²) in [5, 5.41) is 6.62. The standard InChI is InChI=1S/C16H32N4O2S/c1-4-16(9-7-10-16)13-19-15(17-5-2)18-12-14-8-6-11-20(14)23(3,21)22/h14H,4-13H2,1-3H3,(H2,17,18,19)/t14-/m1/s1. The van der Waals surface area contributed by atoms with Gasteiger partial charge in [-0.1, -0.05) is 13.3 Å². The Bertz CT molecular complexity index is 509. The van der Waals surface area contributed by atoms with Crippen LogP contribution >= 0.6 is 0 Å². The van der Waals surface area contributed by atoms with Crippen LogP contribution in [0.25, 0.3) is 0 Å². The van der Waals surface area contributed by atoms with Gasteiger partial charge in [-0.25, -0.2) is 8.42 Å². The van der Waals surface area contributed by atoms with Crippen molar-refractivity contribution < 1.29 is 8.42 Å². The molecule has 7 heteroatoms. The zero-order valence-electron chi connectivity index (χ0n) is 14.8. The van der Waals surface area contributed by atoms with Crippen molar-refractivity contribution in [2.24, 2.45) is 10.4 Å². The van der Waals surface area contributed by atoms with E-state index < -0.39 is 10.0 Å². The summed E-state index contributed by atoms with van der Waals surface area (Å²) in [7, 11) is -3.11. The molecule has 2 N–H and O–H groups in total. The lowest BCUT2D eigenvalue weighted by Crippen LogP contribution is -2.46. The maximum Gasteiger partial charge on any atom is 0.211 e. The number of nitrogens with one attached hydrogen (secondary N) is 2. The van der Waals surface area contributed by atoms with Crippen molar-refractivity contribution in [1.29, 1.82) is 0 Å². The lowest BCUT2D eigenvalue weighted by atomic mass is 9.67. The van der Waals surface area contributed by atoms with Crippen LogP contribution in [0.4, 0.5) is 0 Å². The molecule has 134 valence electrons. The van der Waals surface area contributed by atoms with Gasteiger partial charge < -0.3 is 10.6 Å². The number of hydrogen-bond acceptors (Lipinski definition) is 3. The van der Waals surface area contributed by atoms with Crippen LogP contribution in [0.3, 0.4) is 0 Å². The molecule has 1 saturated carbocycles. The van der Waals surface area contributed by atoms with E-state index in [0.29, 0.717) is 18.5 Å². The van der Waals surface area contributed by atoms with Gasteiger partial charge in [-0.3, -0.25) is 4.99 Å². The van der Waals surface area contributed by atoms with Crippen molar-refractivity contribution in [3.05, 3.63) is 0 Å². The van der Waals surface area contributed by atoms with Crippen molar-refractivity contribution in [3.8, 4) is 0 Å². The van der Waals surface area contributed by atoms with Crippen LogP contribution in [-0.2, 0) is 10.0 Å². The fourth-order valence-corrected chi connectivity index (χ4v) is 4.74. The average Bonchev–Trinajstić information content (AvgIpc) is 2.92. The molecule has 0 bridgehead atoms. The normalized spacial score (nSPS) is 25.2. The summed E-state index contributed by atoms with van der Waals surface area (Å²) in [4.78, 5) is 4.75. The Hall–Kier alpha value is -0.820. The van der Waals surface area contributed by atoms with Crippen molar-refractivity contribution in [2.75, 3.05) is 32.4 Å².